The van der Waals surface area contributed by atoms with Gasteiger partial charge in [-0.05, 0) is 13.0 Å². The minimum Gasteiger partial charge on any atom is -0.462 e. The molecule has 0 unspecified atom stereocenters. The number of morpholine rings is 1. The minimum absolute atomic E-state index is 0.166. The van der Waals surface area contributed by atoms with Gasteiger partial charge in [-0.3, -0.25) is 0 Å². The molecule has 1 aliphatic heterocycles. The second kappa shape index (κ2) is 5.77. The number of rotatable bonds is 3. The number of carbonyl (C=O) groups excluding carboxylic acids is 1. The van der Waals surface area contributed by atoms with Gasteiger partial charge in [-0.25, -0.2) is 14.2 Å². The van der Waals surface area contributed by atoms with Crippen molar-refractivity contribution in [3.63, 3.8) is 0 Å². The van der Waals surface area contributed by atoms with Crippen LogP contribution in [0.25, 0.3) is 0 Å². The van der Waals surface area contributed by atoms with Crippen LogP contribution >= 0.6 is 0 Å². The Kier molecular flexibility index (Phi) is 4.09. The number of hydrogen-bond acceptors (Lipinski definition) is 5. The highest BCUT2D eigenvalue weighted by atomic mass is 19.1. The summed E-state index contributed by atoms with van der Waals surface area (Å²) in [5.41, 5.74) is 0.166. The van der Waals surface area contributed by atoms with Crippen molar-refractivity contribution in [1.29, 1.82) is 0 Å². The van der Waals surface area contributed by atoms with Gasteiger partial charge in [0.15, 0.2) is 0 Å². The fraction of sp³-hybridized carbons (Fsp3) is 0.500. The number of aromatic nitrogens is 1. The van der Waals surface area contributed by atoms with Crippen LogP contribution < -0.4 is 4.90 Å². The van der Waals surface area contributed by atoms with E-state index in [0.717, 1.165) is 12.3 Å². The maximum absolute atomic E-state index is 13.2. The van der Waals surface area contributed by atoms with E-state index in [9.17, 15) is 9.18 Å². The molecule has 5 nitrogen and oxygen atoms in total. The SMILES string of the molecule is CCOC(=O)c1cc(F)cnc1N1CCOCC1. The number of hydrogen-bond donors (Lipinski definition) is 0. The number of pyridine rings is 1. The zero-order valence-electron chi connectivity index (χ0n) is 10.2. The monoisotopic (exact) mass is 254 g/mol. The first kappa shape index (κ1) is 12.8. The summed E-state index contributed by atoms with van der Waals surface area (Å²) in [5, 5.41) is 0. The number of ether oxygens (including phenoxy) is 2. The molecule has 0 aromatic carbocycles. The molecule has 1 aliphatic rings. The molecule has 0 spiro atoms. The van der Waals surface area contributed by atoms with Crippen LogP contribution in [0.1, 0.15) is 17.3 Å². The van der Waals surface area contributed by atoms with Crippen LogP contribution in [0, 0.1) is 5.82 Å². The smallest absolute Gasteiger partial charge is 0.342 e. The summed E-state index contributed by atoms with van der Waals surface area (Å²) >= 11 is 0. The lowest BCUT2D eigenvalue weighted by Gasteiger charge is -2.28. The Bertz CT molecular complexity index is 433. The van der Waals surface area contributed by atoms with Crippen molar-refractivity contribution in [2.24, 2.45) is 0 Å². The Balaban J connectivity index is 2.30. The number of nitrogens with zero attached hydrogens (tertiary/aromatic N) is 2. The van der Waals surface area contributed by atoms with E-state index < -0.39 is 11.8 Å². The van der Waals surface area contributed by atoms with E-state index in [1.807, 2.05) is 4.90 Å². The summed E-state index contributed by atoms with van der Waals surface area (Å²) in [6.07, 6.45) is 1.10. The molecule has 18 heavy (non-hydrogen) atoms. The van der Waals surface area contributed by atoms with E-state index in [0.29, 0.717) is 32.1 Å². The van der Waals surface area contributed by atoms with Gasteiger partial charge in [0.25, 0.3) is 0 Å². The van der Waals surface area contributed by atoms with Crippen LogP contribution in [0.5, 0.6) is 0 Å². The van der Waals surface area contributed by atoms with Gasteiger partial charge in [0, 0.05) is 13.1 Å². The summed E-state index contributed by atoms with van der Waals surface area (Å²) in [6.45, 7) is 4.36. The second-order valence-corrected chi connectivity index (χ2v) is 3.84. The second-order valence-electron chi connectivity index (χ2n) is 3.84. The molecule has 0 bridgehead atoms. The van der Waals surface area contributed by atoms with E-state index in [2.05, 4.69) is 4.98 Å². The molecule has 0 saturated carbocycles. The van der Waals surface area contributed by atoms with E-state index in [1.165, 1.54) is 0 Å². The zero-order valence-corrected chi connectivity index (χ0v) is 10.2. The topological polar surface area (TPSA) is 51.7 Å². The minimum atomic E-state index is -0.550. The molecule has 0 N–H and O–H groups in total. The van der Waals surface area contributed by atoms with Gasteiger partial charge in [0.05, 0.1) is 26.0 Å². The van der Waals surface area contributed by atoms with Crippen molar-refractivity contribution in [1.82, 2.24) is 4.98 Å². The average Bonchev–Trinajstić information content (AvgIpc) is 2.40. The van der Waals surface area contributed by atoms with Gasteiger partial charge in [-0.2, -0.15) is 0 Å². The van der Waals surface area contributed by atoms with Crippen molar-refractivity contribution in [2.45, 2.75) is 6.92 Å². The molecular weight excluding hydrogens is 239 g/mol. The van der Waals surface area contributed by atoms with Gasteiger partial charge >= 0.3 is 5.97 Å². The summed E-state index contributed by atoms with van der Waals surface area (Å²) in [6, 6.07) is 1.16. The highest BCUT2D eigenvalue weighted by Crippen LogP contribution is 2.20. The molecule has 1 fully saturated rings. The lowest BCUT2D eigenvalue weighted by Crippen LogP contribution is -2.37. The molecule has 0 aliphatic carbocycles. The summed E-state index contributed by atoms with van der Waals surface area (Å²) in [4.78, 5) is 17.7. The summed E-state index contributed by atoms with van der Waals surface area (Å²) < 4.78 is 23.3. The first-order chi connectivity index (χ1) is 8.72. The predicted molar refractivity (Wildman–Crippen MR) is 63.2 cm³/mol. The summed E-state index contributed by atoms with van der Waals surface area (Å²) in [7, 11) is 0. The quantitative estimate of drug-likeness (QED) is 0.759. The van der Waals surface area contributed by atoms with Crippen LogP contribution in [-0.2, 0) is 9.47 Å². The maximum atomic E-state index is 13.2. The van der Waals surface area contributed by atoms with Gasteiger partial charge in [0.1, 0.15) is 17.2 Å². The standard InChI is InChI=1S/C12H15FN2O3/c1-2-18-12(16)10-7-9(13)8-14-11(10)15-3-5-17-6-4-15/h7-8H,2-6H2,1H3. The van der Waals surface area contributed by atoms with Crippen molar-refractivity contribution < 1.29 is 18.7 Å². The normalized spacial score (nSPS) is 15.6. The third-order valence-corrected chi connectivity index (χ3v) is 2.64. The molecule has 1 aromatic heterocycles. The average molecular weight is 254 g/mol. The number of halogens is 1. The van der Waals surface area contributed by atoms with Gasteiger partial charge in [-0.1, -0.05) is 0 Å². The number of anilines is 1. The van der Waals surface area contributed by atoms with Crippen LogP contribution in [0.15, 0.2) is 12.3 Å². The lowest BCUT2D eigenvalue weighted by atomic mass is 10.2. The Labute approximate surface area is 105 Å². The van der Waals surface area contributed by atoms with Crippen molar-refractivity contribution in [3.8, 4) is 0 Å². The lowest BCUT2D eigenvalue weighted by molar-refractivity contribution is 0.0525. The molecule has 98 valence electrons. The molecule has 0 radical (unpaired) electrons. The molecule has 2 heterocycles. The first-order valence-corrected chi connectivity index (χ1v) is 5.87. The first-order valence-electron chi connectivity index (χ1n) is 5.87. The fourth-order valence-corrected chi connectivity index (χ4v) is 1.82. The Morgan fingerprint density at radius 1 is 1.56 bits per heavy atom. The fourth-order valence-electron chi connectivity index (χ4n) is 1.82. The Hall–Kier alpha value is -1.69. The largest absolute Gasteiger partial charge is 0.462 e. The zero-order chi connectivity index (χ0) is 13.0. The highest BCUT2D eigenvalue weighted by Gasteiger charge is 2.21. The molecule has 1 saturated heterocycles. The predicted octanol–water partition coefficient (Wildman–Crippen LogP) is 1.23. The summed E-state index contributed by atoms with van der Waals surface area (Å²) in [5.74, 6) is -0.640. The van der Waals surface area contributed by atoms with E-state index in [4.69, 9.17) is 9.47 Å². The van der Waals surface area contributed by atoms with Gasteiger partial charge in [0.2, 0.25) is 0 Å². The number of esters is 1. The Morgan fingerprint density at radius 3 is 2.94 bits per heavy atom. The molecular formula is C12H15FN2O3. The van der Waals surface area contributed by atoms with Crippen molar-refractivity contribution >= 4 is 11.8 Å². The van der Waals surface area contributed by atoms with Gasteiger partial charge < -0.3 is 14.4 Å². The van der Waals surface area contributed by atoms with Crippen LogP contribution in [-0.4, -0.2) is 43.9 Å². The molecule has 0 atom stereocenters. The molecule has 2 rings (SSSR count). The maximum Gasteiger partial charge on any atom is 0.342 e. The third kappa shape index (κ3) is 2.76. The van der Waals surface area contributed by atoms with Crippen LogP contribution in [0.3, 0.4) is 0 Å². The van der Waals surface area contributed by atoms with E-state index in [-0.39, 0.29) is 12.2 Å². The molecule has 1 aromatic rings. The van der Waals surface area contributed by atoms with Gasteiger partial charge in [-0.15, -0.1) is 0 Å². The van der Waals surface area contributed by atoms with Crippen LogP contribution in [0.4, 0.5) is 10.2 Å². The highest BCUT2D eigenvalue weighted by molar-refractivity contribution is 5.94. The van der Waals surface area contributed by atoms with E-state index >= 15 is 0 Å². The Morgan fingerprint density at radius 2 is 2.28 bits per heavy atom. The molecule has 0 amide bonds. The third-order valence-electron chi connectivity index (χ3n) is 2.64. The van der Waals surface area contributed by atoms with Crippen molar-refractivity contribution in [3.05, 3.63) is 23.6 Å². The van der Waals surface area contributed by atoms with E-state index in [1.54, 1.807) is 6.92 Å². The molecule has 6 heteroatoms. The number of carbonyl (C=O) groups is 1. The van der Waals surface area contributed by atoms with Crippen molar-refractivity contribution in [2.75, 3.05) is 37.8 Å². The van der Waals surface area contributed by atoms with Crippen LogP contribution in [0.2, 0.25) is 0 Å².